The molecule has 2 N–H and O–H groups in total. The molecule has 2 aromatic rings. The van der Waals surface area contributed by atoms with E-state index in [1.807, 2.05) is 19.1 Å². The van der Waals surface area contributed by atoms with Crippen LogP contribution in [0.2, 0.25) is 5.02 Å². The molecule has 0 aliphatic rings. The van der Waals surface area contributed by atoms with Crippen LogP contribution in [0.1, 0.15) is 18.5 Å². The average Bonchev–Trinajstić information content (AvgIpc) is 2.41. The predicted molar refractivity (Wildman–Crippen MR) is 77.2 cm³/mol. The van der Waals surface area contributed by atoms with Crippen LogP contribution < -0.4 is 10.5 Å². The van der Waals surface area contributed by atoms with Crippen molar-refractivity contribution in [3.05, 3.63) is 63.2 Å². The molecule has 1 unspecified atom stereocenters. The fourth-order valence-electron chi connectivity index (χ4n) is 1.70. The molecule has 0 aromatic heterocycles. The Balaban J connectivity index is 2.32. The van der Waals surface area contributed by atoms with Crippen molar-refractivity contribution in [3.8, 4) is 11.5 Å². The van der Waals surface area contributed by atoms with Crippen molar-refractivity contribution in [1.29, 1.82) is 0 Å². The largest absolute Gasteiger partial charge is 0.449 e. The summed E-state index contributed by atoms with van der Waals surface area (Å²) in [6.07, 6.45) is 0. The summed E-state index contributed by atoms with van der Waals surface area (Å²) in [5, 5.41) is 11.1. The number of hydrogen-bond donors (Lipinski definition) is 1. The average molecular weight is 293 g/mol. The fourth-order valence-corrected chi connectivity index (χ4v) is 1.91. The van der Waals surface area contributed by atoms with Crippen molar-refractivity contribution in [2.75, 3.05) is 0 Å². The molecule has 6 heteroatoms. The van der Waals surface area contributed by atoms with Gasteiger partial charge in [0.25, 0.3) is 0 Å². The summed E-state index contributed by atoms with van der Waals surface area (Å²) >= 11 is 5.96. The van der Waals surface area contributed by atoms with E-state index in [-0.39, 0.29) is 22.5 Å². The number of hydrogen-bond acceptors (Lipinski definition) is 4. The monoisotopic (exact) mass is 292 g/mol. The summed E-state index contributed by atoms with van der Waals surface area (Å²) in [7, 11) is 0. The van der Waals surface area contributed by atoms with Gasteiger partial charge >= 0.3 is 5.69 Å². The Morgan fingerprint density at radius 1 is 1.25 bits per heavy atom. The van der Waals surface area contributed by atoms with Crippen molar-refractivity contribution in [1.82, 2.24) is 0 Å². The van der Waals surface area contributed by atoms with Gasteiger partial charge in [0.15, 0.2) is 0 Å². The lowest BCUT2D eigenvalue weighted by Crippen LogP contribution is -2.04. The van der Waals surface area contributed by atoms with E-state index in [9.17, 15) is 10.1 Å². The molecule has 0 bridgehead atoms. The molecule has 0 radical (unpaired) electrons. The number of nitro groups is 1. The van der Waals surface area contributed by atoms with Crippen molar-refractivity contribution in [2.24, 2.45) is 5.73 Å². The molecule has 20 heavy (non-hydrogen) atoms. The summed E-state index contributed by atoms with van der Waals surface area (Å²) in [6.45, 7) is 1.87. The van der Waals surface area contributed by atoms with E-state index in [4.69, 9.17) is 22.1 Å². The van der Waals surface area contributed by atoms with Gasteiger partial charge in [-0.3, -0.25) is 10.1 Å². The number of benzene rings is 2. The molecule has 2 aromatic carbocycles. The molecule has 104 valence electrons. The molecule has 0 aliphatic carbocycles. The Morgan fingerprint density at radius 3 is 2.45 bits per heavy atom. The van der Waals surface area contributed by atoms with E-state index in [0.29, 0.717) is 5.75 Å². The van der Waals surface area contributed by atoms with Crippen LogP contribution in [-0.2, 0) is 0 Å². The van der Waals surface area contributed by atoms with E-state index >= 15 is 0 Å². The van der Waals surface area contributed by atoms with E-state index < -0.39 is 4.92 Å². The molecule has 1 atom stereocenters. The molecular formula is C14H13ClN2O3. The Kier molecular flexibility index (Phi) is 4.22. The third kappa shape index (κ3) is 3.07. The van der Waals surface area contributed by atoms with Gasteiger partial charge in [-0.1, -0.05) is 29.8 Å². The maximum Gasteiger partial charge on any atom is 0.313 e. The van der Waals surface area contributed by atoms with Gasteiger partial charge in [-0.15, -0.1) is 0 Å². The van der Waals surface area contributed by atoms with Crippen molar-refractivity contribution in [3.63, 3.8) is 0 Å². The third-order valence-electron chi connectivity index (χ3n) is 2.77. The summed E-state index contributed by atoms with van der Waals surface area (Å²) in [4.78, 5) is 10.4. The van der Waals surface area contributed by atoms with E-state index in [2.05, 4.69) is 0 Å². The van der Waals surface area contributed by atoms with Gasteiger partial charge in [-0.2, -0.15) is 0 Å². The molecule has 0 spiro atoms. The van der Waals surface area contributed by atoms with Crippen LogP contribution in [0, 0.1) is 10.1 Å². The predicted octanol–water partition coefficient (Wildman–Crippen LogP) is 4.06. The first-order valence-corrected chi connectivity index (χ1v) is 6.33. The van der Waals surface area contributed by atoms with Crippen LogP contribution in [0.25, 0.3) is 0 Å². The number of rotatable bonds is 4. The highest BCUT2D eigenvalue weighted by atomic mass is 35.5. The molecule has 0 fully saturated rings. The van der Waals surface area contributed by atoms with Gasteiger partial charge in [0.05, 0.1) is 9.95 Å². The highest BCUT2D eigenvalue weighted by Gasteiger charge is 2.18. The van der Waals surface area contributed by atoms with Crippen LogP contribution in [-0.4, -0.2) is 4.92 Å². The normalized spacial score (nSPS) is 11.9. The molecule has 5 nitrogen and oxygen atoms in total. The molecule has 2 rings (SSSR count). The van der Waals surface area contributed by atoms with Crippen LogP contribution >= 0.6 is 11.6 Å². The van der Waals surface area contributed by atoms with Gasteiger partial charge in [-0.05, 0) is 30.7 Å². The smallest absolute Gasteiger partial charge is 0.313 e. The molecule has 0 saturated heterocycles. The standard InChI is InChI=1S/C14H13ClN2O3/c1-9(16)10-5-7-11(8-6-10)20-14-12(15)3-2-4-13(14)17(18)19/h2-9H,16H2,1H3. The highest BCUT2D eigenvalue weighted by Crippen LogP contribution is 2.37. The first kappa shape index (κ1) is 14.3. The zero-order chi connectivity index (χ0) is 14.7. The molecular weight excluding hydrogens is 280 g/mol. The van der Waals surface area contributed by atoms with Crippen LogP contribution in [0.15, 0.2) is 42.5 Å². The maximum absolute atomic E-state index is 11.0. The van der Waals surface area contributed by atoms with E-state index in [1.54, 1.807) is 18.2 Å². The molecule has 0 amide bonds. The maximum atomic E-state index is 11.0. The number of nitrogens with two attached hydrogens (primary N) is 1. The summed E-state index contributed by atoms with van der Waals surface area (Å²) in [6, 6.07) is 11.3. The number of nitro benzene ring substituents is 1. The Morgan fingerprint density at radius 2 is 1.90 bits per heavy atom. The highest BCUT2D eigenvalue weighted by molar-refractivity contribution is 6.32. The minimum Gasteiger partial charge on any atom is -0.449 e. The van der Waals surface area contributed by atoms with Crippen molar-refractivity contribution < 1.29 is 9.66 Å². The van der Waals surface area contributed by atoms with Crippen LogP contribution in [0.3, 0.4) is 0 Å². The number of ether oxygens (including phenoxy) is 1. The summed E-state index contributed by atoms with van der Waals surface area (Å²) in [5.74, 6) is 0.498. The Labute approximate surface area is 121 Å². The van der Waals surface area contributed by atoms with Gasteiger partial charge in [0.2, 0.25) is 5.75 Å². The second kappa shape index (κ2) is 5.90. The van der Waals surface area contributed by atoms with Gasteiger partial charge in [0, 0.05) is 12.1 Å². The first-order valence-electron chi connectivity index (χ1n) is 5.95. The second-order valence-corrected chi connectivity index (χ2v) is 4.71. The Hall–Kier alpha value is -2.11. The molecule has 0 saturated carbocycles. The topological polar surface area (TPSA) is 78.4 Å². The third-order valence-corrected chi connectivity index (χ3v) is 3.07. The lowest BCUT2D eigenvalue weighted by molar-refractivity contribution is -0.385. The van der Waals surface area contributed by atoms with Crippen LogP contribution in [0.4, 0.5) is 5.69 Å². The minimum atomic E-state index is -0.530. The molecule has 0 heterocycles. The lowest BCUT2D eigenvalue weighted by Gasteiger charge is -2.10. The van der Waals surface area contributed by atoms with Crippen molar-refractivity contribution in [2.45, 2.75) is 13.0 Å². The SMILES string of the molecule is CC(N)c1ccc(Oc2c(Cl)cccc2[N+](=O)[O-])cc1. The van der Waals surface area contributed by atoms with Gasteiger partial charge < -0.3 is 10.5 Å². The summed E-state index contributed by atoms with van der Waals surface area (Å²) in [5.41, 5.74) is 6.53. The summed E-state index contributed by atoms with van der Waals surface area (Å²) < 4.78 is 5.52. The molecule has 0 aliphatic heterocycles. The minimum absolute atomic E-state index is 0.0349. The number of nitrogens with zero attached hydrogens (tertiary/aromatic N) is 1. The Bertz CT molecular complexity index is 627. The first-order chi connectivity index (χ1) is 9.49. The van der Waals surface area contributed by atoms with Gasteiger partial charge in [0.1, 0.15) is 5.75 Å². The quantitative estimate of drug-likeness (QED) is 0.681. The van der Waals surface area contributed by atoms with E-state index in [0.717, 1.165) is 5.56 Å². The number of para-hydroxylation sites is 1. The van der Waals surface area contributed by atoms with Crippen LogP contribution in [0.5, 0.6) is 11.5 Å². The number of halogens is 1. The second-order valence-electron chi connectivity index (χ2n) is 4.30. The van der Waals surface area contributed by atoms with Gasteiger partial charge in [-0.25, -0.2) is 0 Å². The van der Waals surface area contributed by atoms with E-state index in [1.165, 1.54) is 12.1 Å². The lowest BCUT2D eigenvalue weighted by atomic mass is 10.1. The fraction of sp³-hybridized carbons (Fsp3) is 0.143. The zero-order valence-corrected chi connectivity index (χ0v) is 11.5. The van der Waals surface area contributed by atoms with Crippen molar-refractivity contribution >= 4 is 17.3 Å². The zero-order valence-electron chi connectivity index (χ0n) is 10.7.